The molecular formula is C23H33NO2. The number of aliphatic hydroxyl groups is 1. The van der Waals surface area contributed by atoms with Gasteiger partial charge in [0.15, 0.2) is 0 Å². The third-order valence-electron chi connectivity index (χ3n) is 7.97. The van der Waals surface area contributed by atoms with E-state index in [-0.39, 0.29) is 11.5 Å². The molecule has 1 aromatic carbocycles. The molecule has 1 N–H and O–H groups in total. The number of fused-ring (bicyclic) bond motifs is 1. The van der Waals surface area contributed by atoms with E-state index in [0.29, 0.717) is 12.0 Å². The molecule has 3 nitrogen and oxygen atoms in total. The maximum absolute atomic E-state index is 10.6. The van der Waals surface area contributed by atoms with Crippen molar-refractivity contribution in [2.75, 3.05) is 20.2 Å². The minimum absolute atomic E-state index is 0.135. The summed E-state index contributed by atoms with van der Waals surface area (Å²) in [6.45, 7) is 4.79. The Hall–Kier alpha value is -1.06. The Kier molecular flexibility index (Phi) is 4.09. The lowest BCUT2D eigenvalue weighted by Crippen LogP contribution is -2.62. The van der Waals surface area contributed by atoms with Crippen LogP contribution in [0.25, 0.3) is 0 Å². The Labute approximate surface area is 157 Å². The molecule has 4 atom stereocenters. The summed E-state index contributed by atoms with van der Waals surface area (Å²) in [7, 11) is 1.79. The normalized spacial score (nSPS) is 36.3. The standard InChI is InChI=1S/C23H33NO2/c1-3-16-10-18(26-2)11-21-19(16)12-22-20-7-6-17(25)13-23(20,21)8-9-24(22)14-15-4-5-15/h10-11,15,17,20,22,25H,3-9,12-14H2,1-2H3/t17-,20+,22-,23+/m1/s1. The van der Waals surface area contributed by atoms with Crippen LogP contribution in [-0.4, -0.2) is 42.4 Å². The molecule has 0 spiro atoms. The van der Waals surface area contributed by atoms with Crippen LogP contribution in [0.5, 0.6) is 5.75 Å². The van der Waals surface area contributed by atoms with E-state index in [1.807, 2.05) is 0 Å². The van der Waals surface area contributed by atoms with Crippen molar-refractivity contribution in [1.29, 1.82) is 0 Å². The second-order valence-electron chi connectivity index (χ2n) is 9.32. The van der Waals surface area contributed by atoms with Crippen LogP contribution in [-0.2, 0) is 18.3 Å². The first kappa shape index (κ1) is 17.1. The molecule has 26 heavy (non-hydrogen) atoms. The smallest absolute Gasteiger partial charge is 0.119 e. The number of hydrogen-bond donors (Lipinski definition) is 1. The van der Waals surface area contributed by atoms with E-state index in [2.05, 4.69) is 24.0 Å². The van der Waals surface area contributed by atoms with Crippen molar-refractivity contribution < 1.29 is 9.84 Å². The van der Waals surface area contributed by atoms with E-state index in [1.54, 1.807) is 12.7 Å². The number of benzene rings is 1. The zero-order valence-electron chi connectivity index (χ0n) is 16.3. The quantitative estimate of drug-likeness (QED) is 0.894. The lowest BCUT2D eigenvalue weighted by atomic mass is 9.51. The van der Waals surface area contributed by atoms with Gasteiger partial charge in [-0.05, 0) is 98.6 Å². The van der Waals surface area contributed by atoms with Crippen LogP contribution in [0.1, 0.15) is 62.1 Å². The van der Waals surface area contributed by atoms with Crippen LogP contribution in [0.2, 0.25) is 0 Å². The van der Waals surface area contributed by atoms with Crippen molar-refractivity contribution in [2.24, 2.45) is 11.8 Å². The number of ether oxygens (including phenoxy) is 1. The number of rotatable bonds is 4. The van der Waals surface area contributed by atoms with Crippen molar-refractivity contribution >= 4 is 0 Å². The maximum atomic E-state index is 10.6. The number of likely N-dealkylation sites (tertiary alicyclic amines) is 1. The van der Waals surface area contributed by atoms with Crippen LogP contribution in [0.15, 0.2) is 12.1 Å². The molecule has 1 heterocycles. The van der Waals surface area contributed by atoms with Crippen molar-refractivity contribution in [2.45, 2.75) is 75.9 Å². The number of aliphatic hydroxyl groups excluding tert-OH is 1. The Bertz CT molecular complexity index is 698. The Balaban J connectivity index is 1.62. The Morgan fingerprint density at radius 1 is 1.23 bits per heavy atom. The van der Waals surface area contributed by atoms with Crippen molar-refractivity contribution in [1.82, 2.24) is 4.90 Å². The largest absolute Gasteiger partial charge is 0.497 e. The van der Waals surface area contributed by atoms with Crippen LogP contribution in [0.4, 0.5) is 0 Å². The summed E-state index contributed by atoms with van der Waals surface area (Å²) in [4.78, 5) is 2.84. The number of hydrogen-bond acceptors (Lipinski definition) is 3. The molecule has 4 aliphatic rings. The fourth-order valence-electron chi connectivity index (χ4n) is 6.54. The van der Waals surface area contributed by atoms with Gasteiger partial charge in [-0.2, -0.15) is 0 Å². The highest BCUT2D eigenvalue weighted by Crippen LogP contribution is 2.57. The first-order valence-corrected chi connectivity index (χ1v) is 10.8. The summed E-state index contributed by atoms with van der Waals surface area (Å²) in [5.74, 6) is 2.68. The van der Waals surface area contributed by atoms with Gasteiger partial charge in [-0.3, -0.25) is 4.90 Å². The molecule has 3 heteroatoms. The molecule has 0 aromatic heterocycles. The average Bonchev–Trinajstić information content (AvgIpc) is 3.47. The second kappa shape index (κ2) is 6.24. The summed E-state index contributed by atoms with van der Waals surface area (Å²) in [6.07, 6.45) is 9.35. The van der Waals surface area contributed by atoms with Crippen LogP contribution < -0.4 is 4.74 Å². The van der Waals surface area contributed by atoms with Gasteiger partial charge in [0.2, 0.25) is 0 Å². The first-order valence-electron chi connectivity index (χ1n) is 10.8. The van der Waals surface area contributed by atoms with E-state index in [1.165, 1.54) is 56.3 Å². The first-order chi connectivity index (χ1) is 12.6. The summed E-state index contributed by atoms with van der Waals surface area (Å²) in [5, 5.41) is 10.6. The molecule has 1 saturated heterocycles. The lowest BCUT2D eigenvalue weighted by Gasteiger charge is -2.60. The molecule has 3 fully saturated rings. The van der Waals surface area contributed by atoms with Crippen LogP contribution in [0.3, 0.4) is 0 Å². The Morgan fingerprint density at radius 3 is 2.81 bits per heavy atom. The highest BCUT2D eigenvalue weighted by molar-refractivity contribution is 5.50. The SMILES string of the molecule is CCc1cc(OC)cc2c1C[C@@H]1[C@@H]3CC[C@@H](O)C[C@]23CCN1CC1CC1. The third-order valence-corrected chi connectivity index (χ3v) is 7.97. The highest BCUT2D eigenvalue weighted by atomic mass is 16.5. The summed E-state index contributed by atoms with van der Waals surface area (Å²) in [5.41, 5.74) is 4.76. The van der Waals surface area contributed by atoms with E-state index in [0.717, 1.165) is 30.9 Å². The van der Waals surface area contributed by atoms with E-state index in [9.17, 15) is 5.11 Å². The van der Waals surface area contributed by atoms with Gasteiger partial charge in [-0.1, -0.05) is 6.92 Å². The zero-order chi connectivity index (χ0) is 17.9. The summed E-state index contributed by atoms with van der Waals surface area (Å²) in [6, 6.07) is 5.27. The molecule has 3 aliphatic carbocycles. The average molecular weight is 356 g/mol. The molecule has 0 amide bonds. The molecule has 1 aliphatic heterocycles. The van der Waals surface area contributed by atoms with Crippen LogP contribution in [0, 0.1) is 11.8 Å². The summed E-state index contributed by atoms with van der Waals surface area (Å²) >= 11 is 0. The third kappa shape index (κ3) is 2.54. The topological polar surface area (TPSA) is 32.7 Å². The molecule has 5 rings (SSSR count). The van der Waals surface area contributed by atoms with Gasteiger partial charge in [-0.25, -0.2) is 0 Å². The van der Waals surface area contributed by atoms with Gasteiger partial charge in [0.1, 0.15) is 5.75 Å². The zero-order valence-corrected chi connectivity index (χ0v) is 16.3. The highest BCUT2D eigenvalue weighted by Gasteiger charge is 2.56. The molecule has 1 aromatic rings. The molecule has 2 bridgehead atoms. The Morgan fingerprint density at radius 2 is 2.08 bits per heavy atom. The summed E-state index contributed by atoms with van der Waals surface area (Å²) < 4.78 is 5.67. The molecular weight excluding hydrogens is 322 g/mol. The predicted octanol–water partition coefficient (Wildman–Crippen LogP) is 3.70. The van der Waals surface area contributed by atoms with Crippen molar-refractivity contribution in [3.63, 3.8) is 0 Å². The molecule has 2 saturated carbocycles. The monoisotopic (exact) mass is 355 g/mol. The van der Waals surface area contributed by atoms with Crippen LogP contribution >= 0.6 is 0 Å². The van der Waals surface area contributed by atoms with Gasteiger partial charge in [0.05, 0.1) is 13.2 Å². The van der Waals surface area contributed by atoms with Gasteiger partial charge < -0.3 is 9.84 Å². The van der Waals surface area contributed by atoms with Crippen molar-refractivity contribution in [3.8, 4) is 5.75 Å². The van der Waals surface area contributed by atoms with Gasteiger partial charge >= 0.3 is 0 Å². The van der Waals surface area contributed by atoms with E-state index in [4.69, 9.17) is 4.74 Å². The predicted molar refractivity (Wildman–Crippen MR) is 104 cm³/mol. The molecule has 0 unspecified atom stereocenters. The van der Waals surface area contributed by atoms with Gasteiger partial charge in [0.25, 0.3) is 0 Å². The maximum Gasteiger partial charge on any atom is 0.119 e. The molecule has 142 valence electrons. The second-order valence-corrected chi connectivity index (χ2v) is 9.32. The van der Waals surface area contributed by atoms with Gasteiger partial charge in [0, 0.05) is 18.0 Å². The van der Waals surface area contributed by atoms with Crippen molar-refractivity contribution in [3.05, 3.63) is 28.8 Å². The minimum atomic E-state index is -0.135. The minimum Gasteiger partial charge on any atom is -0.497 e. The lowest BCUT2D eigenvalue weighted by molar-refractivity contribution is -0.0496. The molecule has 0 radical (unpaired) electrons. The number of methoxy groups -OCH3 is 1. The fourth-order valence-corrected chi connectivity index (χ4v) is 6.54. The number of aryl methyl sites for hydroxylation is 1. The van der Waals surface area contributed by atoms with E-state index >= 15 is 0 Å². The number of piperidine rings is 1. The van der Waals surface area contributed by atoms with E-state index < -0.39 is 0 Å². The van der Waals surface area contributed by atoms with Gasteiger partial charge in [-0.15, -0.1) is 0 Å². The number of nitrogens with zero attached hydrogens (tertiary/aromatic N) is 1. The fraction of sp³-hybridized carbons (Fsp3) is 0.739.